The molecule has 1 saturated heterocycles. The van der Waals surface area contributed by atoms with Crippen molar-refractivity contribution in [1.82, 2.24) is 9.88 Å². The predicted octanol–water partition coefficient (Wildman–Crippen LogP) is 4.84. The van der Waals surface area contributed by atoms with Gasteiger partial charge in [0, 0.05) is 43.3 Å². The molecule has 3 aromatic rings. The quantitative estimate of drug-likeness (QED) is 0.619. The minimum Gasteiger partial charge on any atom is -0.355 e. The first-order valence-electron chi connectivity index (χ1n) is 10.3. The largest absolute Gasteiger partial charge is 0.355 e. The van der Waals surface area contributed by atoms with E-state index in [0.717, 1.165) is 50.0 Å². The lowest BCUT2D eigenvalue weighted by Crippen LogP contribution is -2.30. The number of hydrogen-bond donors (Lipinski definition) is 1. The Hall–Kier alpha value is -2.96. The molecule has 1 N–H and O–H groups in total. The Morgan fingerprint density at radius 1 is 0.968 bits per heavy atom. The van der Waals surface area contributed by atoms with E-state index in [2.05, 4.69) is 32.2 Å². The van der Waals surface area contributed by atoms with E-state index < -0.39 is 0 Å². The zero-order valence-electron chi connectivity index (χ0n) is 17.1. The molecule has 0 spiro atoms. The summed E-state index contributed by atoms with van der Waals surface area (Å²) in [6.45, 7) is 4.72. The van der Waals surface area contributed by atoms with Gasteiger partial charge in [-0.15, -0.1) is 0 Å². The standard InChI is InChI=1S/C24H24ClFN4O/c25-20-6-2-18(3-7-20)17-29-12-1-13-30(15-14-29)23-11-10-22(16-27-23)28-24(31)19-4-8-21(26)9-5-19/h2-11,16H,1,12-15,17H2,(H,28,31). The molecular formula is C24H24ClFN4O. The van der Waals surface area contributed by atoms with Crippen molar-refractivity contribution in [2.75, 3.05) is 36.4 Å². The molecule has 1 aromatic heterocycles. The van der Waals surface area contributed by atoms with E-state index >= 15 is 0 Å². The maximum Gasteiger partial charge on any atom is 0.255 e. The van der Waals surface area contributed by atoms with Gasteiger partial charge in [0.25, 0.3) is 5.91 Å². The van der Waals surface area contributed by atoms with Crippen molar-refractivity contribution in [3.8, 4) is 0 Å². The van der Waals surface area contributed by atoms with E-state index in [4.69, 9.17) is 11.6 Å². The lowest BCUT2D eigenvalue weighted by Gasteiger charge is -2.23. The normalized spacial score (nSPS) is 14.8. The van der Waals surface area contributed by atoms with Crippen LogP contribution in [0.5, 0.6) is 0 Å². The summed E-state index contributed by atoms with van der Waals surface area (Å²) < 4.78 is 13.0. The zero-order chi connectivity index (χ0) is 21.6. The van der Waals surface area contributed by atoms with Crippen LogP contribution in [-0.4, -0.2) is 42.0 Å². The van der Waals surface area contributed by atoms with Gasteiger partial charge in [-0.3, -0.25) is 9.69 Å². The van der Waals surface area contributed by atoms with E-state index in [1.54, 1.807) is 6.20 Å². The van der Waals surface area contributed by atoms with E-state index in [9.17, 15) is 9.18 Å². The second-order valence-corrected chi connectivity index (χ2v) is 8.05. The Balaban J connectivity index is 1.32. The van der Waals surface area contributed by atoms with Crippen LogP contribution in [0.4, 0.5) is 15.9 Å². The molecule has 1 amide bonds. The Morgan fingerprint density at radius 2 is 1.74 bits per heavy atom. The maximum atomic E-state index is 13.0. The lowest BCUT2D eigenvalue weighted by atomic mass is 10.2. The van der Waals surface area contributed by atoms with Gasteiger partial charge in [0.2, 0.25) is 0 Å². The molecule has 0 aliphatic carbocycles. The van der Waals surface area contributed by atoms with Crippen molar-refractivity contribution < 1.29 is 9.18 Å². The number of aromatic nitrogens is 1. The van der Waals surface area contributed by atoms with Crippen molar-refractivity contribution in [3.05, 3.63) is 88.8 Å². The second-order valence-electron chi connectivity index (χ2n) is 7.61. The summed E-state index contributed by atoms with van der Waals surface area (Å²) in [5, 5.41) is 3.56. The number of pyridine rings is 1. The summed E-state index contributed by atoms with van der Waals surface area (Å²) in [6.07, 6.45) is 2.71. The molecule has 7 heteroatoms. The van der Waals surface area contributed by atoms with Crippen molar-refractivity contribution in [2.45, 2.75) is 13.0 Å². The third-order valence-corrected chi connectivity index (χ3v) is 5.60. The molecule has 2 heterocycles. The number of rotatable bonds is 5. The van der Waals surface area contributed by atoms with Crippen LogP contribution in [0, 0.1) is 5.82 Å². The summed E-state index contributed by atoms with van der Waals surface area (Å²) in [4.78, 5) is 21.5. The van der Waals surface area contributed by atoms with Crippen LogP contribution >= 0.6 is 11.6 Å². The monoisotopic (exact) mass is 438 g/mol. The SMILES string of the molecule is O=C(Nc1ccc(N2CCCN(Cc3ccc(Cl)cc3)CC2)nc1)c1ccc(F)cc1. The van der Waals surface area contributed by atoms with Gasteiger partial charge in [-0.05, 0) is 60.5 Å². The number of nitrogens with zero attached hydrogens (tertiary/aromatic N) is 3. The molecule has 2 aromatic carbocycles. The van der Waals surface area contributed by atoms with Crippen LogP contribution in [0.15, 0.2) is 66.9 Å². The van der Waals surface area contributed by atoms with E-state index in [-0.39, 0.29) is 11.7 Å². The molecule has 0 radical (unpaired) electrons. The number of carbonyl (C=O) groups is 1. The Labute approximate surface area is 186 Å². The first-order valence-corrected chi connectivity index (χ1v) is 10.7. The summed E-state index contributed by atoms with van der Waals surface area (Å²) in [5.74, 6) is 0.238. The molecule has 4 rings (SSSR count). The lowest BCUT2D eigenvalue weighted by molar-refractivity contribution is 0.102. The van der Waals surface area contributed by atoms with Crippen molar-refractivity contribution in [3.63, 3.8) is 0 Å². The smallest absolute Gasteiger partial charge is 0.255 e. The number of amides is 1. The number of hydrogen-bond acceptors (Lipinski definition) is 4. The Morgan fingerprint density at radius 3 is 2.45 bits per heavy atom. The van der Waals surface area contributed by atoms with Gasteiger partial charge in [-0.2, -0.15) is 0 Å². The highest BCUT2D eigenvalue weighted by Crippen LogP contribution is 2.18. The summed E-state index contributed by atoms with van der Waals surface area (Å²) in [7, 11) is 0. The number of halogens is 2. The van der Waals surface area contributed by atoms with Crippen LogP contribution in [0.2, 0.25) is 5.02 Å². The fourth-order valence-corrected chi connectivity index (χ4v) is 3.78. The second kappa shape index (κ2) is 9.90. The highest BCUT2D eigenvalue weighted by atomic mass is 35.5. The number of benzene rings is 2. The van der Waals surface area contributed by atoms with Gasteiger partial charge in [-0.1, -0.05) is 23.7 Å². The molecule has 5 nitrogen and oxygen atoms in total. The Bertz CT molecular complexity index is 1010. The van der Waals surface area contributed by atoms with Crippen LogP contribution < -0.4 is 10.2 Å². The molecular weight excluding hydrogens is 415 g/mol. The fourth-order valence-electron chi connectivity index (χ4n) is 3.66. The van der Waals surface area contributed by atoms with Crippen LogP contribution in [0.1, 0.15) is 22.3 Å². The molecule has 1 aliphatic rings. The number of nitrogens with one attached hydrogen (secondary N) is 1. The van der Waals surface area contributed by atoms with Crippen molar-refractivity contribution in [1.29, 1.82) is 0 Å². The summed E-state index contributed by atoms with van der Waals surface area (Å²) in [6, 6.07) is 17.2. The van der Waals surface area contributed by atoms with Crippen LogP contribution in [0.25, 0.3) is 0 Å². The molecule has 1 aliphatic heterocycles. The zero-order valence-corrected chi connectivity index (χ0v) is 17.9. The average Bonchev–Trinajstić information content (AvgIpc) is 3.02. The average molecular weight is 439 g/mol. The van der Waals surface area contributed by atoms with Gasteiger partial charge in [-0.25, -0.2) is 9.37 Å². The highest BCUT2D eigenvalue weighted by molar-refractivity contribution is 6.30. The molecule has 31 heavy (non-hydrogen) atoms. The highest BCUT2D eigenvalue weighted by Gasteiger charge is 2.16. The van der Waals surface area contributed by atoms with Crippen LogP contribution in [0.3, 0.4) is 0 Å². The third-order valence-electron chi connectivity index (χ3n) is 5.34. The first-order chi connectivity index (χ1) is 15.1. The molecule has 160 valence electrons. The van der Waals surface area contributed by atoms with Gasteiger partial charge in [0.15, 0.2) is 0 Å². The third kappa shape index (κ3) is 5.81. The van der Waals surface area contributed by atoms with Crippen molar-refractivity contribution >= 4 is 29.0 Å². The summed E-state index contributed by atoms with van der Waals surface area (Å²) >= 11 is 5.98. The number of anilines is 2. The van der Waals surface area contributed by atoms with Gasteiger partial charge >= 0.3 is 0 Å². The fraction of sp³-hybridized carbons (Fsp3) is 0.250. The van der Waals surface area contributed by atoms with E-state index in [1.807, 2.05) is 24.3 Å². The molecule has 0 bridgehead atoms. The predicted molar refractivity (Wildman–Crippen MR) is 122 cm³/mol. The van der Waals surface area contributed by atoms with Crippen LogP contribution in [-0.2, 0) is 6.54 Å². The van der Waals surface area contributed by atoms with E-state index in [0.29, 0.717) is 11.3 Å². The molecule has 0 unspecified atom stereocenters. The topological polar surface area (TPSA) is 48.5 Å². The van der Waals surface area contributed by atoms with Gasteiger partial charge in [0.1, 0.15) is 11.6 Å². The Kier molecular flexibility index (Phi) is 6.79. The molecule has 0 atom stereocenters. The van der Waals surface area contributed by atoms with Gasteiger partial charge in [0.05, 0.1) is 11.9 Å². The molecule has 0 saturated carbocycles. The maximum absolute atomic E-state index is 13.0. The summed E-state index contributed by atoms with van der Waals surface area (Å²) in [5.41, 5.74) is 2.27. The first kappa shape index (κ1) is 21.3. The van der Waals surface area contributed by atoms with E-state index in [1.165, 1.54) is 29.8 Å². The minimum absolute atomic E-state index is 0.290. The number of carbonyl (C=O) groups excluding carboxylic acids is 1. The van der Waals surface area contributed by atoms with Gasteiger partial charge < -0.3 is 10.2 Å². The van der Waals surface area contributed by atoms with Crippen molar-refractivity contribution in [2.24, 2.45) is 0 Å². The molecule has 1 fully saturated rings. The minimum atomic E-state index is -0.369.